The van der Waals surface area contributed by atoms with Crippen molar-refractivity contribution in [2.24, 2.45) is 11.5 Å². The molecular weight excluding hydrogens is 338 g/mol. The molecule has 0 bridgehead atoms. The van der Waals surface area contributed by atoms with E-state index in [0.717, 1.165) is 0 Å². The summed E-state index contributed by atoms with van der Waals surface area (Å²) in [4.78, 5) is 45.8. The standard InChI is InChI=1S/C13H25N5O5S/c14-4-2-1-3-8(13(22)23)17-11(20)6-16-12(21)9(7-24)18-10(19)5-15/h8-9,24H,1-7,14-15H2,(H,16,21)(H,17,20)(H,18,19)(H,22,23). The molecule has 0 fully saturated rings. The normalized spacial score (nSPS) is 12.8. The number of carbonyl (C=O) groups is 4. The smallest absolute Gasteiger partial charge is 0.326 e. The summed E-state index contributed by atoms with van der Waals surface area (Å²) in [6.07, 6.45) is 1.46. The minimum atomic E-state index is -1.16. The lowest BCUT2D eigenvalue weighted by molar-refractivity contribution is -0.142. The number of aliphatic carboxylic acids is 1. The van der Waals surface area contributed by atoms with E-state index in [0.29, 0.717) is 19.4 Å². The number of nitrogens with one attached hydrogen (secondary N) is 3. The van der Waals surface area contributed by atoms with Crippen LogP contribution in [0.25, 0.3) is 0 Å². The molecule has 0 rings (SSSR count). The molecule has 0 aromatic rings. The van der Waals surface area contributed by atoms with Gasteiger partial charge in [0.2, 0.25) is 17.7 Å². The lowest BCUT2D eigenvalue weighted by atomic mass is 10.1. The lowest BCUT2D eigenvalue weighted by Crippen LogP contribution is -2.52. The Morgan fingerprint density at radius 3 is 2.12 bits per heavy atom. The average molecular weight is 363 g/mol. The first-order chi connectivity index (χ1) is 11.3. The molecule has 0 spiro atoms. The Labute approximate surface area is 145 Å². The summed E-state index contributed by atoms with van der Waals surface area (Å²) in [5, 5.41) is 16.0. The number of hydrogen-bond acceptors (Lipinski definition) is 7. The molecule has 8 N–H and O–H groups in total. The highest BCUT2D eigenvalue weighted by Gasteiger charge is 2.22. The largest absolute Gasteiger partial charge is 0.480 e. The van der Waals surface area contributed by atoms with Crippen LogP contribution in [0.4, 0.5) is 0 Å². The molecule has 0 aliphatic carbocycles. The molecule has 138 valence electrons. The molecule has 2 atom stereocenters. The van der Waals surface area contributed by atoms with Gasteiger partial charge in [0.05, 0.1) is 13.1 Å². The number of amides is 3. The Bertz CT molecular complexity index is 448. The van der Waals surface area contributed by atoms with Crippen molar-refractivity contribution < 1.29 is 24.3 Å². The number of nitrogens with two attached hydrogens (primary N) is 2. The van der Waals surface area contributed by atoms with Crippen molar-refractivity contribution in [3.63, 3.8) is 0 Å². The van der Waals surface area contributed by atoms with Crippen LogP contribution in [0.15, 0.2) is 0 Å². The van der Waals surface area contributed by atoms with Crippen LogP contribution in [0.5, 0.6) is 0 Å². The van der Waals surface area contributed by atoms with Gasteiger partial charge in [0.1, 0.15) is 12.1 Å². The highest BCUT2D eigenvalue weighted by Crippen LogP contribution is 2.00. The number of carboxylic acids is 1. The fourth-order valence-electron chi connectivity index (χ4n) is 1.73. The van der Waals surface area contributed by atoms with Gasteiger partial charge in [-0.2, -0.15) is 12.6 Å². The zero-order chi connectivity index (χ0) is 18.5. The third-order valence-electron chi connectivity index (χ3n) is 3.02. The predicted octanol–water partition coefficient (Wildman–Crippen LogP) is -2.83. The van der Waals surface area contributed by atoms with Crippen molar-refractivity contribution in [3.05, 3.63) is 0 Å². The Morgan fingerprint density at radius 1 is 1.00 bits per heavy atom. The van der Waals surface area contributed by atoms with Crippen LogP contribution < -0.4 is 27.4 Å². The molecule has 0 saturated carbocycles. The third kappa shape index (κ3) is 9.33. The highest BCUT2D eigenvalue weighted by atomic mass is 32.1. The van der Waals surface area contributed by atoms with E-state index >= 15 is 0 Å². The van der Waals surface area contributed by atoms with Crippen LogP contribution in [0, 0.1) is 0 Å². The summed E-state index contributed by atoms with van der Waals surface area (Å²) in [6.45, 7) is -0.251. The minimum absolute atomic E-state index is 0.0238. The summed E-state index contributed by atoms with van der Waals surface area (Å²) in [5.74, 6) is -2.92. The van der Waals surface area contributed by atoms with Gasteiger partial charge in [-0.1, -0.05) is 0 Å². The minimum Gasteiger partial charge on any atom is -0.480 e. The Kier molecular flexibility index (Phi) is 11.6. The van der Waals surface area contributed by atoms with Crippen molar-refractivity contribution in [3.8, 4) is 0 Å². The predicted molar refractivity (Wildman–Crippen MR) is 90.3 cm³/mol. The van der Waals surface area contributed by atoms with E-state index in [9.17, 15) is 19.2 Å². The summed E-state index contributed by atoms with van der Waals surface area (Å²) >= 11 is 3.94. The van der Waals surface area contributed by atoms with Gasteiger partial charge in [-0.25, -0.2) is 4.79 Å². The van der Waals surface area contributed by atoms with Gasteiger partial charge in [-0.05, 0) is 25.8 Å². The molecule has 24 heavy (non-hydrogen) atoms. The average Bonchev–Trinajstić information content (AvgIpc) is 2.56. The van der Waals surface area contributed by atoms with E-state index < -0.39 is 42.3 Å². The SMILES string of the molecule is NCCCCC(NC(=O)CNC(=O)C(CS)NC(=O)CN)C(=O)O. The topological polar surface area (TPSA) is 177 Å². The number of hydrogen-bond donors (Lipinski definition) is 7. The van der Waals surface area contributed by atoms with Crippen molar-refractivity contribution in [1.82, 2.24) is 16.0 Å². The highest BCUT2D eigenvalue weighted by molar-refractivity contribution is 7.80. The van der Waals surface area contributed by atoms with Gasteiger partial charge in [0.15, 0.2) is 0 Å². The van der Waals surface area contributed by atoms with Crippen LogP contribution in [-0.4, -0.2) is 66.3 Å². The summed E-state index contributed by atoms with van der Waals surface area (Å²) in [5.41, 5.74) is 10.5. The van der Waals surface area contributed by atoms with Crippen molar-refractivity contribution in [2.45, 2.75) is 31.3 Å². The Hall–Kier alpha value is -1.85. The molecule has 2 unspecified atom stereocenters. The second-order valence-corrected chi connectivity index (χ2v) is 5.33. The molecule has 3 amide bonds. The van der Waals surface area contributed by atoms with Gasteiger partial charge in [0.25, 0.3) is 0 Å². The van der Waals surface area contributed by atoms with Gasteiger partial charge < -0.3 is 32.5 Å². The lowest BCUT2D eigenvalue weighted by Gasteiger charge is -2.17. The molecule has 10 nitrogen and oxygen atoms in total. The number of unbranched alkanes of at least 4 members (excludes halogenated alkanes) is 1. The molecule has 11 heteroatoms. The fourth-order valence-corrected chi connectivity index (χ4v) is 1.99. The number of rotatable bonds is 12. The quantitative estimate of drug-likeness (QED) is 0.144. The maximum atomic E-state index is 11.8. The van der Waals surface area contributed by atoms with Crippen LogP contribution in [0.1, 0.15) is 19.3 Å². The van der Waals surface area contributed by atoms with Crippen molar-refractivity contribution in [1.29, 1.82) is 0 Å². The molecular formula is C13H25N5O5S. The van der Waals surface area contributed by atoms with E-state index in [1.54, 1.807) is 0 Å². The monoisotopic (exact) mass is 363 g/mol. The first-order valence-electron chi connectivity index (χ1n) is 7.45. The molecule has 0 radical (unpaired) electrons. The Balaban J connectivity index is 4.35. The molecule has 0 aromatic carbocycles. The summed E-state index contributed by atoms with van der Waals surface area (Å²) in [6, 6.07) is -1.98. The number of carbonyl (C=O) groups excluding carboxylic acids is 3. The van der Waals surface area contributed by atoms with Crippen LogP contribution >= 0.6 is 12.6 Å². The maximum Gasteiger partial charge on any atom is 0.326 e. The second kappa shape index (κ2) is 12.6. The van der Waals surface area contributed by atoms with E-state index in [2.05, 4.69) is 28.6 Å². The summed E-state index contributed by atoms with van der Waals surface area (Å²) in [7, 11) is 0. The van der Waals surface area contributed by atoms with Gasteiger partial charge in [-0.15, -0.1) is 0 Å². The zero-order valence-electron chi connectivity index (χ0n) is 13.3. The molecule has 0 aliphatic heterocycles. The van der Waals surface area contributed by atoms with Gasteiger partial charge in [0, 0.05) is 5.75 Å². The van der Waals surface area contributed by atoms with E-state index in [4.69, 9.17) is 16.6 Å². The van der Waals surface area contributed by atoms with Crippen LogP contribution in [-0.2, 0) is 19.2 Å². The maximum absolute atomic E-state index is 11.8. The number of thiol groups is 1. The fraction of sp³-hybridized carbons (Fsp3) is 0.692. The van der Waals surface area contributed by atoms with Crippen molar-refractivity contribution in [2.75, 3.05) is 25.4 Å². The molecule has 0 aromatic heterocycles. The first kappa shape index (κ1) is 22.1. The van der Waals surface area contributed by atoms with Gasteiger partial charge >= 0.3 is 5.97 Å². The molecule has 0 heterocycles. The molecule has 0 aliphatic rings. The summed E-state index contributed by atoms with van der Waals surface area (Å²) < 4.78 is 0. The van der Waals surface area contributed by atoms with Crippen molar-refractivity contribution >= 4 is 36.3 Å². The van der Waals surface area contributed by atoms with Crippen LogP contribution in [0.3, 0.4) is 0 Å². The van der Waals surface area contributed by atoms with E-state index in [1.165, 1.54) is 0 Å². The molecule has 0 saturated heterocycles. The Morgan fingerprint density at radius 2 is 1.62 bits per heavy atom. The third-order valence-corrected chi connectivity index (χ3v) is 3.39. The number of carboxylic acid groups (broad SMARTS) is 1. The van der Waals surface area contributed by atoms with Crippen LogP contribution in [0.2, 0.25) is 0 Å². The first-order valence-corrected chi connectivity index (χ1v) is 8.09. The van der Waals surface area contributed by atoms with E-state index in [1.807, 2.05) is 0 Å². The zero-order valence-corrected chi connectivity index (χ0v) is 14.2. The van der Waals surface area contributed by atoms with E-state index in [-0.39, 0.29) is 18.7 Å². The van der Waals surface area contributed by atoms with Gasteiger partial charge in [-0.3, -0.25) is 14.4 Å². The second-order valence-electron chi connectivity index (χ2n) is 4.97.